The Morgan fingerprint density at radius 3 is 2.29 bits per heavy atom. The van der Waals surface area contributed by atoms with Crippen LogP contribution in [0.25, 0.3) is 5.13 Å². The summed E-state index contributed by atoms with van der Waals surface area (Å²) in [5.74, 6) is 0. The fourth-order valence-electron chi connectivity index (χ4n) is 1.74. The maximum Gasteiger partial charge on any atom is 0.387 e. The number of rotatable bonds is 1. The van der Waals surface area contributed by atoms with Gasteiger partial charge in [0.25, 0.3) is 0 Å². The average molecular weight is 205 g/mol. The molecule has 3 heteroatoms. The molecule has 72 valence electrons. The van der Waals surface area contributed by atoms with Gasteiger partial charge in [-0.25, -0.2) is 0 Å². The Balaban J connectivity index is 2.64. The molecule has 14 heavy (non-hydrogen) atoms. The van der Waals surface area contributed by atoms with E-state index in [9.17, 15) is 0 Å². The molecule has 0 spiro atoms. The van der Waals surface area contributed by atoms with Gasteiger partial charge in [0.05, 0.1) is 0 Å². The lowest BCUT2D eigenvalue weighted by molar-refractivity contribution is -0.609. The largest absolute Gasteiger partial charge is 0.387 e. The molecule has 0 saturated heterocycles. The average Bonchev–Trinajstić information content (AvgIpc) is 2.54. The number of hydrogen-bond donors (Lipinski definition) is 0. The van der Waals surface area contributed by atoms with Crippen LogP contribution in [0.1, 0.15) is 17.0 Å². The summed E-state index contributed by atoms with van der Waals surface area (Å²) >= 11 is 1.66. The maximum atomic E-state index is 4.32. The van der Waals surface area contributed by atoms with E-state index in [1.807, 2.05) is 11.6 Å². The third kappa shape index (κ3) is 1.55. The van der Waals surface area contributed by atoms with Gasteiger partial charge in [0.1, 0.15) is 11.4 Å². The van der Waals surface area contributed by atoms with Gasteiger partial charge in [-0.3, -0.25) is 0 Å². The molecule has 0 radical (unpaired) electrons. The van der Waals surface area contributed by atoms with Crippen molar-refractivity contribution in [2.45, 2.75) is 20.8 Å². The molecule has 0 aliphatic heterocycles. The van der Waals surface area contributed by atoms with Crippen LogP contribution in [0.5, 0.6) is 0 Å². The number of hydrogen-bond acceptors (Lipinski definition) is 2. The van der Waals surface area contributed by atoms with Gasteiger partial charge >= 0.3 is 5.13 Å². The second-order valence-electron chi connectivity index (χ2n) is 3.47. The lowest BCUT2D eigenvalue weighted by Crippen LogP contribution is -2.37. The zero-order chi connectivity index (χ0) is 10.1. The molecule has 2 aromatic rings. The van der Waals surface area contributed by atoms with E-state index in [4.69, 9.17) is 0 Å². The molecule has 2 heterocycles. The number of aryl methyl sites for hydroxylation is 3. The van der Waals surface area contributed by atoms with Crippen LogP contribution in [0.4, 0.5) is 0 Å². The summed E-state index contributed by atoms with van der Waals surface area (Å²) in [6, 6.07) is 4.35. The van der Waals surface area contributed by atoms with Crippen LogP contribution in [-0.4, -0.2) is 4.98 Å². The van der Waals surface area contributed by atoms with E-state index in [1.165, 1.54) is 17.0 Å². The molecule has 2 rings (SSSR count). The van der Waals surface area contributed by atoms with E-state index in [2.05, 4.69) is 42.5 Å². The molecule has 0 bridgehead atoms. The van der Waals surface area contributed by atoms with Crippen molar-refractivity contribution in [1.29, 1.82) is 0 Å². The van der Waals surface area contributed by atoms with Crippen molar-refractivity contribution in [3.05, 3.63) is 40.7 Å². The third-order valence-electron chi connectivity index (χ3n) is 2.19. The van der Waals surface area contributed by atoms with Gasteiger partial charge in [-0.15, -0.1) is 0 Å². The fraction of sp³-hybridized carbons (Fsp3) is 0.273. The van der Waals surface area contributed by atoms with Gasteiger partial charge in [0.2, 0.25) is 0 Å². The minimum atomic E-state index is 1.04. The highest BCUT2D eigenvalue weighted by atomic mass is 32.1. The molecular weight excluding hydrogens is 192 g/mol. The van der Waals surface area contributed by atoms with E-state index in [0.717, 1.165) is 5.13 Å². The highest BCUT2D eigenvalue weighted by molar-refractivity contribution is 7.11. The summed E-state index contributed by atoms with van der Waals surface area (Å²) in [6.45, 7) is 6.34. The second-order valence-corrected chi connectivity index (χ2v) is 4.34. The first-order valence-corrected chi connectivity index (χ1v) is 5.46. The van der Waals surface area contributed by atoms with Crippen LogP contribution in [0, 0.1) is 20.8 Å². The molecule has 0 atom stereocenters. The standard InChI is InChI=1S/C11H13N2S/c1-8-6-9(2)13(10(3)7-8)11-12-4-5-14-11/h4-7H,1-3H3/q+1. The Bertz CT molecular complexity index is 423. The normalized spacial score (nSPS) is 10.5. The van der Waals surface area contributed by atoms with Gasteiger partial charge < -0.3 is 0 Å². The number of nitrogens with zero attached hydrogens (tertiary/aromatic N) is 2. The minimum Gasteiger partial charge on any atom is -0.189 e. The van der Waals surface area contributed by atoms with Gasteiger partial charge in [-0.05, 0) is 43.5 Å². The molecule has 0 fully saturated rings. The first kappa shape index (κ1) is 9.34. The quantitative estimate of drug-likeness (QED) is 0.653. The van der Waals surface area contributed by atoms with Crippen LogP contribution in [0.15, 0.2) is 23.7 Å². The Morgan fingerprint density at radius 1 is 1.14 bits per heavy atom. The first-order valence-electron chi connectivity index (χ1n) is 4.58. The lowest BCUT2D eigenvalue weighted by Gasteiger charge is -2.04. The van der Waals surface area contributed by atoms with Crippen molar-refractivity contribution in [1.82, 2.24) is 4.98 Å². The summed E-state index contributed by atoms with van der Waals surface area (Å²) in [7, 11) is 0. The Labute approximate surface area is 87.9 Å². The molecule has 0 amide bonds. The summed E-state index contributed by atoms with van der Waals surface area (Å²) in [4.78, 5) is 4.32. The SMILES string of the molecule is Cc1cc(C)[n+](-c2nccs2)c(C)c1. The smallest absolute Gasteiger partial charge is 0.189 e. The molecule has 0 N–H and O–H groups in total. The van der Waals surface area contributed by atoms with Gasteiger partial charge in [-0.1, -0.05) is 11.3 Å². The highest BCUT2D eigenvalue weighted by Crippen LogP contribution is 2.09. The van der Waals surface area contributed by atoms with Gasteiger partial charge in [0, 0.05) is 5.38 Å². The monoisotopic (exact) mass is 205 g/mol. The van der Waals surface area contributed by atoms with Crippen LogP contribution < -0.4 is 4.57 Å². The van der Waals surface area contributed by atoms with Crippen LogP contribution >= 0.6 is 11.3 Å². The summed E-state index contributed by atoms with van der Waals surface area (Å²) < 4.78 is 2.18. The van der Waals surface area contributed by atoms with Gasteiger partial charge in [0.15, 0.2) is 6.20 Å². The molecule has 2 nitrogen and oxygen atoms in total. The topological polar surface area (TPSA) is 16.8 Å². The third-order valence-corrected chi connectivity index (χ3v) is 2.95. The van der Waals surface area contributed by atoms with E-state index < -0.39 is 0 Å². The molecule has 0 saturated carbocycles. The summed E-state index contributed by atoms with van der Waals surface area (Å²) in [6.07, 6.45) is 1.84. The number of thiazole rings is 1. The summed E-state index contributed by atoms with van der Waals surface area (Å²) in [5.41, 5.74) is 3.77. The molecule has 0 aliphatic carbocycles. The number of pyridine rings is 1. The molecule has 0 aliphatic rings. The van der Waals surface area contributed by atoms with Crippen molar-refractivity contribution in [2.75, 3.05) is 0 Å². The van der Waals surface area contributed by atoms with Crippen LogP contribution in [0.3, 0.4) is 0 Å². The van der Waals surface area contributed by atoms with Crippen molar-refractivity contribution >= 4 is 11.3 Å². The zero-order valence-electron chi connectivity index (χ0n) is 8.61. The molecular formula is C11H13N2S+. The first-order chi connectivity index (χ1) is 6.68. The fourth-order valence-corrected chi connectivity index (χ4v) is 2.49. The Morgan fingerprint density at radius 2 is 1.79 bits per heavy atom. The van der Waals surface area contributed by atoms with Crippen LogP contribution in [-0.2, 0) is 0 Å². The predicted molar refractivity (Wildman–Crippen MR) is 57.9 cm³/mol. The Hall–Kier alpha value is -1.22. The second kappa shape index (κ2) is 3.50. The predicted octanol–water partition coefficient (Wildman–Crippen LogP) is 2.35. The minimum absolute atomic E-state index is 1.04. The maximum absolute atomic E-state index is 4.32. The van der Waals surface area contributed by atoms with Crippen molar-refractivity contribution in [3.63, 3.8) is 0 Å². The van der Waals surface area contributed by atoms with Gasteiger partial charge in [-0.2, -0.15) is 4.57 Å². The number of aromatic nitrogens is 2. The Kier molecular flexibility index (Phi) is 2.33. The van der Waals surface area contributed by atoms with Crippen molar-refractivity contribution < 1.29 is 4.57 Å². The van der Waals surface area contributed by atoms with E-state index in [0.29, 0.717) is 0 Å². The molecule has 0 aromatic carbocycles. The molecule has 0 unspecified atom stereocenters. The van der Waals surface area contributed by atoms with E-state index in [1.54, 1.807) is 11.3 Å². The molecule has 2 aromatic heterocycles. The van der Waals surface area contributed by atoms with Crippen molar-refractivity contribution in [2.24, 2.45) is 0 Å². The van der Waals surface area contributed by atoms with Crippen molar-refractivity contribution in [3.8, 4) is 5.13 Å². The van der Waals surface area contributed by atoms with Crippen LogP contribution in [0.2, 0.25) is 0 Å². The highest BCUT2D eigenvalue weighted by Gasteiger charge is 2.14. The summed E-state index contributed by atoms with van der Waals surface area (Å²) in [5, 5.41) is 3.04. The zero-order valence-corrected chi connectivity index (χ0v) is 9.43. The van der Waals surface area contributed by atoms with E-state index in [-0.39, 0.29) is 0 Å². The lowest BCUT2D eigenvalue weighted by atomic mass is 10.2. The van der Waals surface area contributed by atoms with E-state index >= 15 is 0 Å².